The zero-order valence-electron chi connectivity index (χ0n) is 12.1. The quantitative estimate of drug-likeness (QED) is 0.409. The minimum atomic E-state index is -0.398. The number of hydrogen-bond acceptors (Lipinski definition) is 5. The Hall–Kier alpha value is -2.88. The topological polar surface area (TPSA) is 118 Å². The van der Waals surface area contributed by atoms with E-state index in [2.05, 4.69) is 10.5 Å². The molecule has 0 unspecified atom stereocenters. The molecule has 0 saturated heterocycles. The first-order valence-electron chi connectivity index (χ1n) is 6.32. The lowest BCUT2D eigenvalue weighted by molar-refractivity contribution is -0.128. The van der Waals surface area contributed by atoms with Crippen LogP contribution in [0.25, 0.3) is 0 Å². The average molecular weight is 286 g/mol. The van der Waals surface area contributed by atoms with Crippen LogP contribution in [0.1, 0.15) is 12.0 Å². The van der Waals surface area contributed by atoms with Crippen molar-refractivity contribution in [1.82, 2.24) is 4.90 Å². The Morgan fingerprint density at radius 2 is 2.14 bits per heavy atom. The fourth-order valence-electron chi connectivity index (χ4n) is 1.57. The van der Waals surface area contributed by atoms with Gasteiger partial charge in [-0.3, -0.25) is 15.6 Å². The largest absolute Gasteiger partial charge is 0.382 e. The summed E-state index contributed by atoms with van der Waals surface area (Å²) in [5, 5.41) is 19.8. The molecule has 0 radical (unpaired) electrons. The fourth-order valence-corrected chi connectivity index (χ4v) is 1.57. The number of para-hydroxylation sites is 1. The third kappa shape index (κ3) is 4.95. The van der Waals surface area contributed by atoms with E-state index in [4.69, 9.17) is 16.4 Å². The predicted molar refractivity (Wildman–Crippen MR) is 82.0 cm³/mol. The summed E-state index contributed by atoms with van der Waals surface area (Å²) in [6, 6.07) is 9.07. The van der Waals surface area contributed by atoms with Crippen LogP contribution in [0, 0.1) is 16.7 Å². The fraction of sp³-hybridized carbons (Fsp3) is 0.286. The summed E-state index contributed by atoms with van der Waals surface area (Å²) in [4.78, 5) is 13.2. The minimum Gasteiger partial charge on any atom is -0.382 e. The highest BCUT2D eigenvalue weighted by molar-refractivity contribution is 6.45. The summed E-state index contributed by atoms with van der Waals surface area (Å²) < 4.78 is 0. The van der Waals surface area contributed by atoms with Crippen LogP contribution in [0.4, 0.5) is 5.69 Å². The van der Waals surface area contributed by atoms with Crippen molar-refractivity contribution in [2.24, 2.45) is 10.8 Å². The molecule has 0 spiro atoms. The lowest BCUT2D eigenvalue weighted by Gasteiger charge is -2.12. The van der Waals surface area contributed by atoms with E-state index in [9.17, 15) is 4.79 Å². The van der Waals surface area contributed by atoms with Gasteiger partial charge in [-0.2, -0.15) is 10.4 Å². The molecule has 0 bridgehead atoms. The number of aryl methyl sites for hydroxylation is 1. The van der Waals surface area contributed by atoms with Gasteiger partial charge in [-0.15, -0.1) is 0 Å². The molecule has 21 heavy (non-hydrogen) atoms. The molecule has 110 valence electrons. The number of rotatable bonds is 6. The van der Waals surface area contributed by atoms with Crippen LogP contribution in [-0.4, -0.2) is 36.4 Å². The maximum Gasteiger partial charge on any atom is 0.222 e. The number of carbonyl (C=O) groups is 1. The van der Waals surface area contributed by atoms with E-state index in [1.165, 1.54) is 4.90 Å². The van der Waals surface area contributed by atoms with Gasteiger partial charge in [0.1, 0.15) is 6.07 Å². The van der Waals surface area contributed by atoms with Gasteiger partial charge in [-0.25, -0.2) is 0 Å². The van der Waals surface area contributed by atoms with Gasteiger partial charge >= 0.3 is 0 Å². The van der Waals surface area contributed by atoms with E-state index in [1.807, 2.05) is 18.2 Å². The highest BCUT2D eigenvalue weighted by Gasteiger charge is 2.08. The summed E-state index contributed by atoms with van der Waals surface area (Å²) in [7, 11) is 3.42. The van der Waals surface area contributed by atoms with Gasteiger partial charge in [0.05, 0.1) is 5.69 Å². The number of amidine groups is 1. The molecule has 0 fully saturated rings. The lowest BCUT2D eigenvalue weighted by Crippen LogP contribution is -2.22. The number of carbonyl (C=O) groups excluding carboxylic acids is 1. The van der Waals surface area contributed by atoms with Gasteiger partial charge in [0, 0.05) is 20.5 Å². The van der Waals surface area contributed by atoms with Crippen molar-refractivity contribution < 1.29 is 4.79 Å². The Morgan fingerprint density at radius 3 is 2.71 bits per heavy atom. The van der Waals surface area contributed by atoms with E-state index in [0.717, 1.165) is 5.56 Å². The van der Waals surface area contributed by atoms with E-state index in [1.54, 1.807) is 26.2 Å². The Balaban J connectivity index is 2.83. The van der Waals surface area contributed by atoms with Crippen LogP contribution in [0.5, 0.6) is 0 Å². The van der Waals surface area contributed by atoms with Crippen molar-refractivity contribution in [2.45, 2.75) is 12.8 Å². The van der Waals surface area contributed by atoms with Crippen molar-refractivity contribution >= 4 is 23.1 Å². The zero-order chi connectivity index (χ0) is 15.8. The van der Waals surface area contributed by atoms with Gasteiger partial charge in [0.25, 0.3) is 0 Å². The SMILES string of the molecule is CN(C)C(=O)CCc1ccccc1N/N=C(\C#N)C(=N)N. The van der Waals surface area contributed by atoms with Gasteiger partial charge in [0.15, 0.2) is 5.84 Å². The van der Waals surface area contributed by atoms with Crippen LogP contribution in [-0.2, 0) is 11.2 Å². The molecule has 0 atom stereocenters. The molecule has 0 aromatic heterocycles. The van der Waals surface area contributed by atoms with Crippen molar-refractivity contribution in [1.29, 1.82) is 10.7 Å². The maximum atomic E-state index is 11.6. The molecule has 1 aromatic rings. The van der Waals surface area contributed by atoms with Crippen LogP contribution in [0.15, 0.2) is 29.4 Å². The van der Waals surface area contributed by atoms with E-state index in [-0.39, 0.29) is 11.6 Å². The number of hydrogen-bond donors (Lipinski definition) is 3. The highest BCUT2D eigenvalue weighted by Crippen LogP contribution is 2.17. The normalized spacial score (nSPS) is 10.6. The minimum absolute atomic E-state index is 0.0368. The van der Waals surface area contributed by atoms with Crippen LogP contribution in [0.3, 0.4) is 0 Å². The average Bonchev–Trinajstić information content (AvgIpc) is 2.45. The number of amides is 1. The predicted octanol–water partition coefficient (Wildman–Crippen LogP) is 0.935. The zero-order valence-corrected chi connectivity index (χ0v) is 12.1. The highest BCUT2D eigenvalue weighted by atomic mass is 16.2. The molecule has 0 heterocycles. The number of nitrogens with one attached hydrogen (secondary N) is 2. The molecule has 1 rings (SSSR count). The summed E-state index contributed by atoms with van der Waals surface area (Å²) in [6.45, 7) is 0. The second kappa shape index (κ2) is 7.65. The molecule has 7 heteroatoms. The van der Waals surface area contributed by atoms with Gasteiger partial charge in [-0.1, -0.05) is 18.2 Å². The first-order chi connectivity index (χ1) is 9.95. The molecule has 1 aromatic carbocycles. The molecule has 0 aliphatic rings. The molecule has 7 nitrogen and oxygen atoms in total. The van der Waals surface area contributed by atoms with Gasteiger partial charge in [0.2, 0.25) is 11.6 Å². The van der Waals surface area contributed by atoms with E-state index < -0.39 is 5.84 Å². The molecule has 4 N–H and O–H groups in total. The van der Waals surface area contributed by atoms with E-state index in [0.29, 0.717) is 18.5 Å². The summed E-state index contributed by atoms with van der Waals surface area (Å²) in [6.07, 6.45) is 0.935. The van der Waals surface area contributed by atoms with Crippen molar-refractivity contribution in [3.05, 3.63) is 29.8 Å². The number of anilines is 1. The summed E-state index contributed by atoms with van der Waals surface area (Å²) >= 11 is 0. The van der Waals surface area contributed by atoms with Crippen LogP contribution < -0.4 is 11.2 Å². The second-order valence-corrected chi connectivity index (χ2v) is 4.54. The Kier molecular flexibility index (Phi) is 5.89. The number of nitriles is 1. The lowest BCUT2D eigenvalue weighted by atomic mass is 10.1. The van der Waals surface area contributed by atoms with Crippen molar-refractivity contribution in [3.8, 4) is 6.07 Å². The van der Waals surface area contributed by atoms with Crippen LogP contribution >= 0.6 is 0 Å². The molecular formula is C14H18N6O. The Bertz CT molecular complexity index is 600. The third-order valence-electron chi connectivity index (χ3n) is 2.77. The number of nitrogens with zero attached hydrogens (tertiary/aromatic N) is 3. The molecule has 0 aliphatic carbocycles. The first-order valence-corrected chi connectivity index (χ1v) is 6.32. The molecule has 0 saturated carbocycles. The molecular weight excluding hydrogens is 268 g/mol. The standard InChI is InChI=1S/C14H18N6O/c1-20(2)13(21)8-7-10-5-3-4-6-11(10)18-19-12(9-15)14(16)17/h3-6,18H,7-8H2,1-2H3,(H3,16,17)/b19-12+. The van der Waals surface area contributed by atoms with Gasteiger partial charge in [-0.05, 0) is 18.1 Å². The number of benzene rings is 1. The van der Waals surface area contributed by atoms with E-state index >= 15 is 0 Å². The molecule has 0 aliphatic heterocycles. The summed E-state index contributed by atoms with van der Waals surface area (Å²) in [5.74, 6) is -0.361. The molecule has 1 amide bonds. The first kappa shape index (κ1) is 16.2. The second-order valence-electron chi connectivity index (χ2n) is 4.54. The summed E-state index contributed by atoms with van der Waals surface area (Å²) in [5.41, 5.74) is 9.33. The Labute approximate surface area is 123 Å². The maximum absolute atomic E-state index is 11.6. The number of nitrogens with two attached hydrogens (primary N) is 1. The van der Waals surface area contributed by atoms with Crippen LogP contribution in [0.2, 0.25) is 0 Å². The number of hydrazone groups is 1. The Morgan fingerprint density at radius 1 is 1.48 bits per heavy atom. The van der Waals surface area contributed by atoms with Gasteiger partial charge < -0.3 is 10.6 Å². The smallest absolute Gasteiger partial charge is 0.222 e. The van der Waals surface area contributed by atoms with Crippen molar-refractivity contribution in [2.75, 3.05) is 19.5 Å². The third-order valence-corrected chi connectivity index (χ3v) is 2.77. The monoisotopic (exact) mass is 286 g/mol. The van der Waals surface area contributed by atoms with Crippen molar-refractivity contribution in [3.63, 3.8) is 0 Å².